The Labute approximate surface area is 135 Å². The first kappa shape index (κ1) is 17.2. The van der Waals surface area contributed by atoms with Gasteiger partial charge in [0.05, 0.1) is 0 Å². The molecule has 0 aliphatic carbocycles. The summed E-state index contributed by atoms with van der Waals surface area (Å²) in [7, 11) is 1.61. The van der Waals surface area contributed by atoms with Crippen LogP contribution in [-0.2, 0) is 9.53 Å². The molecule has 0 spiro atoms. The zero-order valence-electron chi connectivity index (χ0n) is 12.9. The third-order valence-corrected chi connectivity index (χ3v) is 5.00. The summed E-state index contributed by atoms with van der Waals surface area (Å²) in [6.07, 6.45) is 2.28. The number of thioether (sulfide) groups is 1. The molecule has 6 heteroatoms. The van der Waals surface area contributed by atoms with E-state index in [1.54, 1.807) is 31.0 Å². The lowest BCUT2D eigenvalue weighted by Crippen LogP contribution is -2.54. The van der Waals surface area contributed by atoms with Crippen LogP contribution in [-0.4, -0.2) is 44.0 Å². The third kappa shape index (κ3) is 4.69. The second-order valence-electron chi connectivity index (χ2n) is 5.36. The number of carbonyl (C=O) groups is 1. The molecule has 0 atom stereocenters. The Morgan fingerprint density at radius 3 is 2.68 bits per heavy atom. The first-order valence-electron chi connectivity index (χ1n) is 7.59. The Morgan fingerprint density at radius 1 is 1.36 bits per heavy atom. The summed E-state index contributed by atoms with van der Waals surface area (Å²) in [5.74, 6) is 0.653. The van der Waals surface area contributed by atoms with Gasteiger partial charge in [-0.2, -0.15) is 0 Å². The number of halogens is 1. The molecule has 1 aromatic rings. The van der Waals surface area contributed by atoms with E-state index in [0.717, 1.165) is 30.2 Å². The molecular weight excluding hydrogens is 303 g/mol. The number of hydrogen-bond donors (Lipinski definition) is 2. The second kappa shape index (κ2) is 8.50. The van der Waals surface area contributed by atoms with E-state index in [0.29, 0.717) is 19.4 Å². The first-order valence-corrected chi connectivity index (χ1v) is 8.57. The van der Waals surface area contributed by atoms with Gasteiger partial charge in [-0.25, -0.2) is 4.39 Å². The fraction of sp³-hybridized carbons (Fsp3) is 0.562. The number of methoxy groups -OCH3 is 1. The zero-order chi connectivity index (χ0) is 15.8. The maximum atomic E-state index is 12.8. The average Bonchev–Trinajstić information content (AvgIpc) is 2.56. The van der Waals surface area contributed by atoms with E-state index in [1.165, 1.54) is 12.1 Å². The molecule has 0 radical (unpaired) electrons. The second-order valence-corrected chi connectivity index (χ2v) is 6.53. The highest BCUT2D eigenvalue weighted by molar-refractivity contribution is 7.99. The fourth-order valence-corrected chi connectivity index (χ4v) is 3.36. The van der Waals surface area contributed by atoms with Gasteiger partial charge < -0.3 is 15.4 Å². The Hall–Kier alpha value is -1.11. The van der Waals surface area contributed by atoms with Crippen LogP contribution in [0.2, 0.25) is 0 Å². The maximum absolute atomic E-state index is 12.8. The van der Waals surface area contributed by atoms with Crippen molar-refractivity contribution in [3.8, 4) is 0 Å². The molecule has 122 valence electrons. The summed E-state index contributed by atoms with van der Waals surface area (Å²) in [6.45, 7) is 2.24. The molecule has 1 saturated heterocycles. The molecule has 0 bridgehead atoms. The Bertz CT molecular complexity index is 476. The van der Waals surface area contributed by atoms with E-state index in [4.69, 9.17) is 4.74 Å². The maximum Gasteiger partial charge on any atom is 0.252 e. The highest BCUT2D eigenvalue weighted by atomic mass is 32.2. The van der Waals surface area contributed by atoms with Crippen LogP contribution in [0.1, 0.15) is 19.3 Å². The molecule has 0 unspecified atom stereocenters. The van der Waals surface area contributed by atoms with Gasteiger partial charge in [0.1, 0.15) is 11.4 Å². The Morgan fingerprint density at radius 2 is 2.05 bits per heavy atom. The summed E-state index contributed by atoms with van der Waals surface area (Å²) in [5.41, 5.74) is -0.671. The van der Waals surface area contributed by atoms with Crippen molar-refractivity contribution in [1.29, 1.82) is 0 Å². The van der Waals surface area contributed by atoms with E-state index >= 15 is 0 Å². The average molecular weight is 326 g/mol. The number of hydrogen-bond acceptors (Lipinski definition) is 4. The van der Waals surface area contributed by atoms with Crippen molar-refractivity contribution in [3.05, 3.63) is 30.1 Å². The Kier molecular flexibility index (Phi) is 6.67. The molecule has 22 heavy (non-hydrogen) atoms. The van der Waals surface area contributed by atoms with E-state index in [-0.39, 0.29) is 11.7 Å². The number of amides is 1. The molecule has 2 N–H and O–H groups in total. The number of rotatable bonds is 7. The van der Waals surface area contributed by atoms with Crippen LogP contribution in [0.25, 0.3) is 0 Å². The number of benzene rings is 1. The standard InChI is InChI=1S/C16H23FN2O2S/c1-21-16(7-10-18-11-8-16)15(20)19-9-2-12-22-14-5-3-13(17)4-6-14/h3-6,18H,2,7-12H2,1H3,(H,19,20). The van der Waals surface area contributed by atoms with Crippen LogP contribution in [0, 0.1) is 5.82 Å². The van der Waals surface area contributed by atoms with Gasteiger partial charge in [-0.1, -0.05) is 0 Å². The van der Waals surface area contributed by atoms with Crippen LogP contribution in [0.15, 0.2) is 29.2 Å². The van der Waals surface area contributed by atoms with Gasteiger partial charge in [0.25, 0.3) is 5.91 Å². The van der Waals surface area contributed by atoms with Crippen molar-refractivity contribution < 1.29 is 13.9 Å². The summed E-state index contributed by atoms with van der Waals surface area (Å²) >= 11 is 1.66. The van der Waals surface area contributed by atoms with Gasteiger partial charge in [-0.05, 0) is 62.4 Å². The molecule has 0 saturated carbocycles. The smallest absolute Gasteiger partial charge is 0.252 e. The first-order chi connectivity index (χ1) is 10.7. The van der Waals surface area contributed by atoms with Crippen molar-refractivity contribution in [1.82, 2.24) is 10.6 Å². The topological polar surface area (TPSA) is 50.4 Å². The van der Waals surface area contributed by atoms with Gasteiger partial charge in [-0.15, -0.1) is 11.8 Å². The molecular formula is C16H23FN2O2S. The van der Waals surface area contributed by atoms with Gasteiger partial charge in [-0.3, -0.25) is 4.79 Å². The van der Waals surface area contributed by atoms with Gasteiger partial charge in [0, 0.05) is 18.6 Å². The summed E-state index contributed by atoms with van der Waals surface area (Å²) in [5, 5.41) is 6.21. The summed E-state index contributed by atoms with van der Waals surface area (Å²) in [6, 6.07) is 6.47. The third-order valence-electron chi connectivity index (χ3n) is 3.90. The monoisotopic (exact) mass is 326 g/mol. The van der Waals surface area contributed by atoms with E-state index in [2.05, 4.69) is 10.6 Å². The molecule has 1 aromatic carbocycles. The van der Waals surface area contributed by atoms with Crippen molar-refractivity contribution in [2.75, 3.05) is 32.5 Å². The van der Waals surface area contributed by atoms with Crippen molar-refractivity contribution >= 4 is 17.7 Å². The minimum absolute atomic E-state index is 0.0108. The predicted octanol–water partition coefficient (Wildman–Crippen LogP) is 2.19. The lowest BCUT2D eigenvalue weighted by Gasteiger charge is -2.34. The lowest BCUT2D eigenvalue weighted by atomic mass is 9.91. The van der Waals surface area contributed by atoms with Crippen LogP contribution >= 0.6 is 11.8 Å². The van der Waals surface area contributed by atoms with E-state index in [9.17, 15) is 9.18 Å². The Balaban J connectivity index is 1.67. The van der Waals surface area contributed by atoms with Crippen molar-refractivity contribution in [2.45, 2.75) is 29.8 Å². The zero-order valence-corrected chi connectivity index (χ0v) is 13.7. The summed E-state index contributed by atoms with van der Waals surface area (Å²) in [4.78, 5) is 13.4. The number of piperidine rings is 1. The molecule has 1 aliphatic rings. The highest BCUT2D eigenvalue weighted by Gasteiger charge is 2.39. The van der Waals surface area contributed by atoms with Gasteiger partial charge >= 0.3 is 0 Å². The molecule has 1 aliphatic heterocycles. The van der Waals surface area contributed by atoms with Gasteiger partial charge in [0.15, 0.2) is 0 Å². The van der Waals surface area contributed by atoms with Crippen LogP contribution in [0.3, 0.4) is 0 Å². The molecule has 1 heterocycles. The molecule has 1 amide bonds. The molecule has 2 rings (SSSR count). The van der Waals surface area contributed by atoms with Crippen LogP contribution in [0.5, 0.6) is 0 Å². The minimum Gasteiger partial charge on any atom is -0.368 e. The van der Waals surface area contributed by atoms with Crippen molar-refractivity contribution in [2.24, 2.45) is 0 Å². The minimum atomic E-state index is -0.671. The molecule has 1 fully saturated rings. The number of carbonyl (C=O) groups excluding carboxylic acids is 1. The normalized spacial score (nSPS) is 17.2. The van der Waals surface area contributed by atoms with Gasteiger partial charge in [0.2, 0.25) is 0 Å². The lowest BCUT2D eigenvalue weighted by molar-refractivity contribution is -0.146. The summed E-state index contributed by atoms with van der Waals surface area (Å²) < 4.78 is 18.3. The number of ether oxygens (including phenoxy) is 1. The largest absolute Gasteiger partial charge is 0.368 e. The molecule has 0 aromatic heterocycles. The quantitative estimate of drug-likeness (QED) is 0.596. The van der Waals surface area contributed by atoms with Crippen LogP contribution in [0.4, 0.5) is 4.39 Å². The fourth-order valence-electron chi connectivity index (χ4n) is 2.51. The van der Waals surface area contributed by atoms with E-state index < -0.39 is 5.60 Å². The van der Waals surface area contributed by atoms with Crippen molar-refractivity contribution in [3.63, 3.8) is 0 Å². The number of nitrogens with one attached hydrogen (secondary N) is 2. The highest BCUT2D eigenvalue weighted by Crippen LogP contribution is 2.23. The SMILES string of the molecule is COC1(C(=O)NCCCSc2ccc(F)cc2)CCNCC1. The van der Waals surface area contributed by atoms with E-state index in [1.807, 2.05) is 0 Å². The molecule has 4 nitrogen and oxygen atoms in total. The van der Waals surface area contributed by atoms with Crippen LogP contribution < -0.4 is 10.6 Å². The predicted molar refractivity (Wildman–Crippen MR) is 86.6 cm³/mol.